The summed E-state index contributed by atoms with van der Waals surface area (Å²) in [5, 5.41) is 3.05. The molecule has 1 N–H and O–H groups in total. The Labute approximate surface area is 175 Å². The Kier molecular flexibility index (Phi) is 8.07. The topological polar surface area (TPSA) is 55.9 Å². The monoisotopic (exact) mass is 400 g/mol. The Morgan fingerprint density at radius 1 is 0.966 bits per heavy atom. The molecule has 1 atom stereocenters. The highest BCUT2D eigenvalue weighted by Crippen LogP contribution is 2.20. The molecule has 2 aliphatic heterocycles. The number of nitrogens with zero attached hydrogens (tertiary/aromatic N) is 3. The van der Waals surface area contributed by atoms with E-state index in [4.69, 9.17) is 0 Å². The molecule has 0 aromatic heterocycles. The smallest absolute Gasteiger partial charge is 0.238 e. The van der Waals surface area contributed by atoms with Crippen LogP contribution in [0.5, 0.6) is 0 Å². The van der Waals surface area contributed by atoms with Crippen LogP contribution in [0.25, 0.3) is 0 Å². The van der Waals surface area contributed by atoms with E-state index in [0.29, 0.717) is 19.1 Å². The molecule has 2 fully saturated rings. The second-order valence-corrected chi connectivity index (χ2v) is 8.26. The van der Waals surface area contributed by atoms with Crippen molar-refractivity contribution in [3.05, 3.63) is 29.8 Å². The number of benzene rings is 1. The van der Waals surface area contributed by atoms with Crippen LogP contribution in [0.15, 0.2) is 24.3 Å². The number of para-hydroxylation sites is 1. The van der Waals surface area contributed by atoms with E-state index in [1.807, 2.05) is 18.2 Å². The van der Waals surface area contributed by atoms with Gasteiger partial charge in [0, 0.05) is 44.5 Å². The van der Waals surface area contributed by atoms with E-state index in [0.717, 1.165) is 69.7 Å². The van der Waals surface area contributed by atoms with Crippen molar-refractivity contribution < 1.29 is 9.59 Å². The summed E-state index contributed by atoms with van der Waals surface area (Å²) >= 11 is 0. The number of anilines is 1. The highest BCUT2D eigenvalue weighted by molar-refractivity contribution is 5.93. The summed E-state index contributed by atoms with van der Waals surface area (Å²) < 4.78 is 0. The van der Waals surface area contributed by atoms with Gasteiger partial charge in [0.25, 0.3) is 0 Å². The molecule has 0 saturated carbocycles. The van der Waals surface area contributed by atoms with E-state index in [1.54, 1.807) is 0 Å². The van der Waals surface area contributed by atoms with E-state index in [-0.39, 0.29) is 11.8 Å². The van der Waals surface area contributed by atoms with Crippen molar-refractivity contribution >= 4 is 17.5 Å². The van der Waals surface area contributed by atoms with Crippen LogP contribution in [0.3, 0.4) is 0 Å². The molecule has 29 heavy (non-hydrogen) atoms. The lowest BCUT2D eigenvalue weighted by molar-refractivity contribution is -0.136. The predicted octanol–water partition coefficient (Wildman–Crippen LogP) is 2.60. The number of hydrogen-bond donors (Lipinski definition) is 1. The summed E-state index contributed by atoms with van der Waals surface area (Å²) in [6.45, 7) is 9.45. The molecule has 160 valence electrons. The first-order valence-corrected chi connectivity index (χ1v) is 11.2. The molecule has 2 saturated heterocycles. The summed E-state index contributed by atoms with van der Waals surface area (Å²) in [6.07, 6.45) is 5.47. The van der Waals surface area contributed by atoms with Gasteiger partial charge < -0.3 is 10.2 Å². The number of carbonyl (C=O) groups excluding carboxylic acids is 2. The summed E-state index contributed by atoms with van der Waals surface area (Å²) in [4.78, 5) is 31.7. The van der Waals surface area contributed by atoms with E-state index in [1.165, 1.54) is 6.42 Å². The Balaban J connectivity index is 1.42. The fourth-order valence-electron chi connectivity index (χ4n) is 4.48. The molecule has 0 unspecified atom stereocenters. The third kappa shape index (κ3) is 6.03. The van der Waals surface area contributed by atoms with E-state index >= 15 is 0 Å². The maximum atomic E-state index is 12.8. The maximum absolute atomic E-state index is 12.8. The zero-order valence-electron chi connectivity index (χ0n) is 18.0. The molecule has 0 radical (unpaired) electrons. The van der Waals surface area contributed by atoms with Gasteiger partial charge in [0.2, 0.25) is 11.8 Å². The van der Waals surface area contributed by atoms with Crippen molar-refractivity contribution in [2.45, 2.75) is 52.0 Å². The summed E-state index contributed by atoms with van der Waals surface area (Å²) in [5.41, 5.74) is 2.07. The van der Waals surface area contributed by atoms with Crippen LogP contribution in [0.2, 0.25) is 0 Å². The number of hydrogen-bond acceptors (Lipinski definition) is 4. The lowest BCUT2D eigenvalue weighted by Crippen LogP contribution is -2.53. The van der Waals surface area contributed by atoms with Crippen LogP contribution in [-0.2, 0) is 16.0 Å². The first-order valence-electron chi connectivity index (χ1n) is 11.2. The largest absolute Gasteiger partial charge is 0.339 e. The Morgan fingerprint density at radius 2 is 1.66 bits per heavy atom. The van der Waals surface area contributed by atoms with Gasteiger partial charge in [0.1, 0.15) is 0 Å². The molecule has 0 bridgehead atoms. The second-order valence-electron chi connectivity index (χ2n) is 8.26. The number of carbonyl (C=O) groups is 2. The Bertz CT molecular complexity index is 685. The highest BCUT2D eigenvalue weighted by atomic mass is 16.2. The number of piperazine rings is 1. The molecule has 6 heteroatoms. The van der Waals surface area contributed by atoms with Crippen LogP contribution in [-0.4, -0.2) is 78.4 Å². The molecular weight excluding hydrogens is 364 g/mol. The van der Waals surface area contributed by atoms with Crippen molar-refractivity contribution in [1.29, 1.82) is 0 Å². The predicted molar refractivity (Wildman–Crippen MR) is 117 cm³/mol. The van der Waals surface area contributed by atoms with E-state index < -0.39 is 0 Å². The fraction of sp³-hybridized carbons (Fsp3) is 0.652. The number of piperidine rings is 1. The standard InChI is InChI=1S/C23H36N4O2/c1-3-19-9-5-6-11-21(19)24-22(28)17-25-13-15-26(16-14-25)18-23(29)27-12-8-7-10-20(27)4-2/h5-6,9,11,20H,3-4,7-8,10,12-18H2,1-2H3,(H,24,28)/t20-/m1/s1. The maximum Gasteiger partial charge on any atom is 0.238 e. The van der Waals surface area contributed by atoms with Crippen molar-refractivity contribution in [1.82, 2.24) is 14.7 Å². The van der Waals surface area contributed by atoms with Gasteiger partial charge in [-0.25, -0.2) is 0 Å². The molecule has 2 heterocycles. The number of amides is 2. The zero-order chi connectivity index (χ0) is 20.6. The van der Waals surface area contributed by atoms with Crippen molar-refractivity contribution in [2.75, 3.05) is 51.1 Å². The Morgan fingerprint density at radius 3 is 2.34 bits per heavy atom. The minimum atomic E-state index is 0.0366. The number of likely N-dealkylation sites (tertiary alicyclic amines) is 1. The molecule has 1 aromatic rings. The number of aryl methyl sites for hydroxylation is 1. The minimum absolute atomic E-state index is 0.0366. The van der Waals surface area contributed by atoms with Crippen LogP contribution in [0.4, 0.5) is 5.69 Å². The molecule has 1 aromatic carbocycles. The van der Waals surface area contributed by atoms with Gasteiger partial charge in [-0.3, -0.25) is 19.4 Å². The van der Waals surface area contributed by atoms with Crippen molar-refractivity contribution in [3.8, 4) is 0 Å². The third-order valence-corrected chi connectivity index (χ3v) is 6.28. The van der Waals surface area contributed by atoms with Gasteiger partial charge in [-0.1, -0.05) is 32.0 Å². The first-order chi connectivity index (χ1) is 14.1. The van der Waals surface area contributed by atoms with Gasteiger partial charge in [-0.2, -0.15) is 0 Å². The average Bonchev–Trinajstić information content (AvgIpc) is 2.75. The molecule has 3 rings (SSSR count). The lowest BCUT2D eigenvalue weighted by atomic mass is 10.00. The minimum Gasteiger partial charge on any atom is -0.339 e. The molecule has 0 spiro atoms. The molecule has 0 aliphatic carbocycles. The van der Waals surface area contributed by atoms with E-state index in [2.05, 4.69) is 39.9 Å². The first kappa shape index (κ1) is 21.8. The SMILES string of the molecule is CCc1ccccc1NC(=O)CN1CCN(CC(=O)N2CCCC[C@H]2CC)CC1. The average molecular weight is 401 g/mol. The van der Waals surface area contributed by atoms with Gasteiger partial charge in [-0.05, 0) is 43.7 Å². The van der Waals surface area contributed by atoms with E-state index in [9.17, 15) is 9.59 Å². The molecule has 6 nitrogen and oxygen atoms in total. The van der Waals surface area contributed by atoms with Crippen LogP contribution < -0.4 is 5.32 Å². The normalized spacial score (nSPS) is 21.2. The summed E-state index contributed by atoms with van der Waals surface area (Å²) in [5.74, 6) is 0.313. The van der Waals surface area contributed by atoms with Crippen molar-refractivity contribution in [2.24, 2.45) is 0 Å². The molecule has 2 aliphatic rings. The van der Waals surface area contributed by atoms with Gasteiger partial charge in [0.05, 0.1) is 13.1 Å². The van der Waals surface area contributed by atoms with Crippen LogP contribution in [0, 0.1) is 0 Å². The lowest BCUT2D eigenvalue weighted by Gasteiger charge is -2.38. The van der Waals surface area contributed by atoms with Crippen molar-refractivity contribution in [3.63, 3.8) is 0 Å². The summed E-state index contributed by atoms with van der Waals surface area (Å²) in [7, 11) is 0. The highest BCUT2D eigenvalue weighted by Gasteiger charge is 2.28. The number of rotatable bonds is 7. The molecule has 2 amide bonds. The second kappa shape index (κ2) is 10.7. The van der Waals surface area contributed by atoms with Gasteiger partial charge in [-0.15, -0.1) is 0 Å². The Hall–Kier alpha value is -1.92. The van der Waals surface area contributed by atoms with Crippen LogP contribution in [0.1, 0.15) is 45.1 Å². The summed E-state index contributed by atoms with van der Waals surface area (Å²) in [6, 6.07) is 8.39. The van der Waals surface area contributed by atoms with Gasteiger partial charge in [0.15, 0.2) is 0 Å². The zero-order valence-corrected chi connectivity index (χ0v) is 18.0. The van der Waals surface area contributed by atoms with Crippen LogP contribution >= 0.6 is 0 Å². The number of nitrogens with one attached hydrogen (secondary N) is 1. The molecular formula is C23H36N4O2. The quantitative estimate of drug-likeness (QED) is 0.764. The van der Waals surface area contributed by atoms with Gasteiger partial charge >= 0.3 is 0 Å². The third-order valence-electron chi connectivity index (χ3n) is 6.28. The fourth-order valence-corrected chi connectivity index (χ4v) is 4.48.